The number of nitrogens with zero attached hydrogens (tertiary/aromatic N) is 3. The molecule has 8 nitrogen and oxygen atoms in total. The van der Waals surface area contributed by atoms with Gasteiger partial charge in [-0.1, -0.05) is 48.5 Å². The summed E-state index contributed by atoms with van der Waals surface area (Å²) in [4.78, 5) is 31.6. The Hall–Kier alpha value is -5.02. The number of amides is 1. The number of thiocarbonyl (C=S) groups is 1. The standard InChI is InChI=1S/C34H31N5O3S/c1-21-19-27(22(2)39(21)25-12-7-11-24(20-25)33(41)42)32-31(29-14-5-6-17-35-29)37-34(43)38(32)18-16-30(40)36-28-15-8-10-23-9-3-4-13-26(23)28/h3-15,17,19-20,31-32H,16,18H2,1-2H3,(H,36,40)(H,37,43)(H,41,42). The Labute approximate surface area is 255 Å². The molecule has 1 aliphatic rings. The molecule has 2 aromatic heterocycles. The normalized spacial score (nSPS) is 16.3. The van der Waals surface area contributed by atoms with E-state index in [-0.39, 0.29) is 30.0 Å². The molecule has 0 saturated carbocycles. The topological polar surface area (TPSA) is 99.5 Å². The quantitative estimate of drug-likeness (QED) is 0.182. The van der Waals surface area contributed by atoms with Gasteiger partial charge in [0.15, 0.2) is 5.11 Å². The Balaban J connectivity index is 1.32. The van der Waals surface area contributed by atoms with E-state index in [1.807, 2.05) is 80.6 Å². The molecule has 1 fully saturated rings. The number of fused-ring (bicyclic) bond motifs is 1. The Morgan fingerprint density at radius 2 is 1.74 bits per heavy atom. The molecule has 3 N–H and O–H groups in total. The van der Waals surface area contributed by atoms with Crippen molar-refractivity contribution in [1.82, 2.24) is 19.8 Å². The summed E-state index contributed by atoms with van der Waals surface area (Å²) in [6.45, 7) is 4.43. The Kier molecular flexibility index (Phi) is 7.65. The molecule has 9 heteroatoms. The highest BCUT2D eigenvalue weighted by molar-refractivity contribution is 7.80. The van der Waals surface area contributed by atoms with Gasteiger partial charge in [0, 0.05) is 47.3 Å². The summed E-state index contributed by atoms with van der Waals surface area (Å²) in [5.74, 6) is -1.08. The number of rotatable bonds is 8. The minimum absolute atomic E-state index is 0.102. The van der Waals surface area contributed by atoms with E-state index in [2.05, 4.69) is 31.2 Å². The summed E-state index contributed by atoms with van der Waals surface area (Å²) in [5, 5.41) is 18.7. The van der Waals surface area contributed by atoms with Gasteiger partial charge >= 0.3 is 5.97 Å². The third-order valence-electron chi connectivity index (χ3n) is 7.98. The lowest BCUT2D eigenvalue weighted by molar-refractivity contribution is -0.116. The van der Waals surface area contributed by atoms with Crippen molar-refractivity contribution in [3.63, 3.8) is 0 Å². The summed E-state index contributed by atoms with van der Waals surface area (Å²) in [7, 11) is 0. The predicted molar refractivity (Wildman–Crippen MR) is 172 cm³/mol. The largest absolute Gasteiger partial charge is 0.478 e. The smallest absolute Gasteiger partial charge is 0.335 e. The first-order chi connectivity index (χ1) is 20.8. The second-order valence-electron chi connectivity index (χ2n) is 10.7. The highest BCUT2D eigenvalue weighted by Crippen LogP contribution is 2.41. The van der Waals surface area contributed by atoms with Gasteiger partial charge in [0.2, 0.25) is 5.91 Å². The monoisotopic (exact) mass is 589 g/mol. The molecule has 2 unspecified atom stereocenters. The molecule has 1 aliphatic heterocycles. The third-order valence-corrected chi connectivity index (χ3v) is 8.33. The summed E-state index contributed by atoms with van der Waals surface area (Å²) < 4.78 is 2.06. The molecule has 1 amide bonds. The van der Waals surface area contributed by atoms with Gasteiger partial charge in [0.25, 0.3) is 0 Å². The average molecular weight is 590 g/mol. The fraction of sp³-hybridized carbons (Fsp3) is 0.176. The van der Waals surface area contributed by atoms with Crippen molar-refractivity contribution in [2.24, 2.45) is 0 Å². The number of nitrogens with one attached hydrogen (secondary N) is 2. The molecule has 43 heavy (non-hydrogen) atoms. The number of carbonyl (C=O) groups excluding carboxylic acids is 1. The number of hydrogen-bond acceptors (Lipinski definition) is 4. The van der Waals surface area contributed by atoms with Crippen molar-refractivity contribution in [3.8, 4) is 5.69 Å². The van der Waals surface area contributed by atoms with E-state index in [1.165, 1.54) is 0 Å². The Morgan fingerprint density at radius 3 is 2.53 bits per heavy atom. The number of aryl methyl sites for hydroxylation is 1. The van der Waals surface area contributed by atoms with Crippen molar-refractivity contribution in [2.75, 3.05) is 11.9 Å². The van der Waals surface area contributed by atoms with E-state index in [9.17, 15) is 14.7 Å². The van der Waals surface area contributed by atoms with Crippen LogP contribution in [0.3, 0.4) is 0 Å². The minimum Gasteiger partial charge on any atom is -0.478 e. The van der Waals surface area contributed by atoms with Crippen molar-refractivity contribution >= 4 is 45.7 Å². The maximum Gasteiger partial charge on any atom is 0.335 e. The lowest BCUT2D eigenvalue weighted by Crippen LogP contribution is -2.33. The van der Waals surface area contributed by atoms with Crippen LogP contribution < -0.4 is 10.6 Å². The molecule has 6 rings (SSSR count). The molecule has 0 aliphatic carbocycles. The minimum atomic E-state index is -0.974. The number of anilines is 1. The zero-order valence-electron chi connectivity index (χ0n) is 23.8. The van der Waals surface area contributed by atoms with Crippen LogP contribution in [0.4, 0.5) is 5.69 Å². The van der Waals surface area contributed by atoms with Crippen molar-refractivity contribution < 1.29 is 14.7 Å². The van der Waals surface area contributed by atoms with Gasteiger partial charge in [0.05, 0.1) is 23.3 Å². The lowest BCUT2D eigenvalue weighted by Gasteiger charge is -2.28. The van der Waals surface area contributed by atoms with E-state index < -0.39 is 5.97 Å². The second-order valence-corrected chi connectivity index (χ2v) is 11.0. The van der Waals surface area contributed by atoms with Gasteiger partial charge in [-0.15, -0.1) is 0 Å². The van der Waals surface area contributed by atoms with Crippen LogP contribution in [0.1, 0.15) is 51.5 Å². The zero-order valence-corrected chi connectivity index (χ0v) is 24.6. The molecule has 0 bridgehead atoms. The van der Waals surface area contributed by atoms with E-state index in [1.54, 1.807) is 24.4 Å². The van der Waals surface area contributed by atoms with Crippen LogP contribution in [0.25, 0.3) is 16.5 Å². The number of pyridine rings is 1. The SMILES string of the molecule is Cc1cc(C2C(c3ccccn3)NC(=S)N2CCC(=O)Nc2cccc3ccccc23)c(C)n1-c1cccc(C(=O)O)c1. The molecule has 0 radical (unpaired) electrons. The fourth-order valence-electron chi connectivity index (χ4n) is 6.02. The predicted octanol–water partition coefficient (Wildman–Crippen LogP) is 6.34. The van der Waals surface area contributed by atoms with Crippen LogP contribution in [0.15, 0.2) is 97.2 Å². The lowest BCUT2D eigenvalue weighted by atomic mass is 9.96. The van der Waals surface area contributed by atoms with Crippen LogP contribution in [-0.2, 0) is 4.79 Å². The molecule has 5 aromatic rings. The number of hydrogen-bond donors (Lipinski definition) is 3. The van der Waals surface area contributed by atoms with Crippen molar-refractivity contribution in [2.45, 2.75) is 32.4 Å². The van der Waals surface area contributed by atoms with Crippen LogP contribution in [0, 0.1) is 13.8 Å². The molecule has 0 spiro atoms. The molecule has 3 heterocycles. The van der Waals surface area contributed by atoms with Gasteiger partial charge in [-0.3, -0.25) is 9.78 Å². The van der Waals surface area contributed by atoms with Crippen LogP contribution >= 0.6 is 12.2 Å². The fourth-order valence-corrected chi connectivity index (χ4v) is 6.35. The first-order valence-electron chi connectivity index (χ1n) is 14.1. The van der Waals surface area contributed by atoms with Crippen molar-refractivity contribution in [1.29, 1.82) is 0 Å². The van der Waals surface area contributed by atoms with E-state index in [4.69, 9.17) is 12.2 Å². The van der Waals surface area contributed by atoms with Gasteiger partial charge in [-0.2, -0.15) is 0 Å². The van der Waals surface area contributed by atoms with Crippen molar-refractivity contribution in [3.05, 3.63) is 125 Å². The van der Waals surface area contributed by atoms with Gasteiger partial charge in [-0.05, 0) is 79.5 Å². The number of carboxylic acids is 1. The van der Waals surface area contributed by atoms with Gasteiger partial charge in [0.1, 0.15) is 0 Å². The maximum atomic E-state index is 13.2. The molecule has 1 saturated heterocycles. The van der Waals surface area contributed by atoms with Crippen LogP contribution in [-0.4, -0.2) is 43.1 Å². The Bertz CT molecular complexity index is 1850. The number of aromatic nitrogens is 2. The highest BCUT2D eigenvalue weighted by atomic mass is 32.1. The van der Waals surface area contributed by atoms with Crippen LogP contribution in [0.2, 0.25) is 0 Å². The number of carboxylic acid groups (broad SMARTS) is 1. The Morgan fingerprint density at radius 1 is 0.977 bits per heavy atom. The molecule has 2 atom stereocenters. The molecule has 3 aromatic carbocycles. The third kappa shape index (κ3) is 5.47. The number of carbonyl (C=O) groups is 2. The van der Waals surface area contributed by atoms with Gasteiger partial charge < -0.3 is 25.2 Å². The first kappa shape index (κ1) is 28.1. The first-order valence-corrected chi connectivity index (χ1v) is 14.5. The van der Waals surface area contributed by atoms with E-state index >= 15 is 0 Å². The van der Waals surface area contributed by atoms with E-state index in [0.29, 0.717) is 11.7 Å². The van der Waals surface area contributed by atoms with E-state index in [0.717, 1.165) is 44.8 Å². The molecule has 216 valence electrons. The second kappa shape index (κ2) is 11.7. The number of benzene rings is 3. The van der Waals surface area contributed by atoms with Gasteiger partial charge in [-0.25, -0.2) is 4.79 Å². The maximum absolute atomic E-state index is 13.2. The summed E-state index contributed by atoms with van der Waals surface area (Å²) in [6.07, 6.45) is 1.99. The summed E-state index contributed by atoms with van der Waals surface area (Å²) in [5.41, 5.74) is 5.56. The number of aromatic carboxylic acids is 1. The average Bonchev–Trinajstić information content (AvgIpc) is 3.50. The highest BCUT2D eigenvalue weighted by Gasteiger charge is 2.41. The summed E-state index contributed by atoms with van der Waals surface area (Å²) >= 11 is 5.84. The zero-order chi connectivity index (χ0) is 30.1. The summed E-state index contributed by atoms with van der Waals surface area (Å²) in [6, 6.07) is 28.2. The molecular weight excluding hydrogens is 558 g/mol. The molecular formula is C34H31N5O3S. The van der Waals surface area contributed by atoms with Crippen LogP contribution in [0.5, 0.6) is 0 Å².